The molecule has 1 aromatic rings. The van der Waals surface area contributed by atoms with Gasteiger partial charge in [-0.05, 0) is 56.8 Å². The Morgan fingerprint density at radius 3 is 2.70 bits per heavy atom. The van der Waals surface area contributed by atoms with E-state index in [4.69, 9.17) is 4.98 Å². The van der Waals surface area contributed by atoms with Crippen molar-refractivity contribution in [3.8, 4) is 0 Å². The third-order valence-corrected chi connectivity index (χ3v) is 4.75. The van der Waals surface area contributed by atoms with Crippen LogP contribution in [0, 0.1) is 0 Å². The molecule has 0 saturated carbocycles. The van der Waals surface area contributed by atoms with Gasteiger partial charge in [0.2, 0.25) is 0 Å². The van der Waals surface area contributed by atoms with Crippen molar-refractivity contribution in [3.63, 3.8) is 0 Å². The van der Waals surface area contributed by atoms with Gasteiger partial charge in [0.25, 0.3) is 0 Å². The first kappa shape index (κ1) is 13.9. The molecule has 2 aliphatic heterocycles. The molecule has 3 heteroatoms. The molecular formula is C17H27N3. The first-order valence-electron chi connectivity index (χ1n) is 8.33. The minimum absolute atomic E-state index is 0.613. The van der Waals surface area contributed by atoms with Crippen LogP contribution in [0.15, 0.2) is 18.3 Å². The standard InChI is InChI=1S/C17H27N3/c1-2-3-10-19-13-6-7-16(19)15-8-9-17(18-14-15)20-11-4-5-12-20/h8-9,14,16H,2-7,10-13H2,1H3/t16-/m0/s1. The van der Waals surface area contributed by atoms with E-state index in [0.29, 0.717) is 6.04 Å². The van der Waals surface area contributed by atoms with Gasteiger partial charge in [0.15, 0.2) is 0 Å². The van der Waals surface area contributed by atoms with Crippen LogP contribution < -0.4 is 4.90 Å². The molecule has 3 nitrogen and oxygen atoms in total. The lowest BCUT2D eigenvalue weighted by Gasteiger charge is -2.25. The molecule has 20 heavy (non-hydrogen) atoms. The molecule has 2 fully saturated rings. The number of rotatable bonds is 5. The Morgan fingerprint density at radius 2 is 2.00 bits per heavy atom. The van der Waals surface area contributed by atoms with E-state index < -0.39 is 0 Å². The molecule has 0 amide bonds. The van der Waals surface area contributed by atoms with Crippen LogP contribution in [0.25, 0.3) is 0 Å². The highest BCUT2D eigenvalue weighted by Crippen LogP contribution is 2.32. The molecule has 1 atom stereocenters. The Kier molecular flexibility index (Phi) is 4.56. The summed E-state index contributed by atoms with van der Waals surface area (Å²) in [7, 11) is 0. The second-order valence-electron chi connectivity index (χ2n) is 6.19. The molecule has 110 valence electrons. The lowest BCUT2D eigenvalue weighted by Crippen LogP contribution is -2.24. The summed E-state index contributed by atoms with van der Waals surface area (Å²) in [6.07, 6.45) is 10.00. The number of nitrogens with zero attached hydrogens (tertiary/aromatic N) is 3. The van der Waals surface area contributed by atoms with Crippen LogP contribution >= 0.6 is 0 Å². The molecular weight excluding hydrogens is 246 g/mol. The van der Waals surface area contributed by atoms with Crippen LogP contribution in [0.4, 0.5) is 5.82 Å². The second kappa shape index (κ2) is 6.57. The molecule has 2 saturated heterocycles. The number of aromatic nitrogens is 1. The lowest BCUT2D eigenvalue weighted by atomic mass is 10.1. The van der Waals surface area contributed by atoms with Gasteiger partial charge in [0, 0.05) is 25.3 Å². The third kappa shape index (κ3) is 2.98. The molecule has 0 bridgehead atoms. The zero-order valence-electron chi connectivity index (χ0n) is 12.7. The van der Waals surface area contributed by atoms with E-state index in [1.165, 1.54) is 76.1 Å². The second-order valence-corrected chi connectivity index (χ2v) is 6.19. The third-order valence-electron chi connectivity index (χ3n) is 4.75. The summed E-state index contributed by atoms with van der Waals surface area (Å²) < 4.78 is 0. The number of anilines is 1. The first-order valence-corrected chi connectivity index (χ1v) is 8.33. The SMILES string of the molecule is CCCCN1CCC[C@H]1c1ccc(N2CCCC2)nc1. The average molecular weight is 273 g/mol. The van der Waals surface area contributed by atoms with Gasteiger partial charge in [-0.15, -0.1) is 0 Å². The largest absolute Gasteiger partial charge is 0.357 e. The van der Waals surface area contributed by atoms with Crippen molar-refractivity contribution in [2.45, 2.75) is 51.5 Å². The fourth-order valence-electron chi connectivity index (χ4n) is 3.56. The van der Waals surface area contributed by atoms with E-state index in [1.54, 1.807) is 0 Å². The van der Waals surface area contributed by atoms with Crippen LogP contribution in [0.1, 0.15) is 57.1 Å². The van der Waals surface area contributed by atoms with Crippen LogP contribution in [-0.2, 0) is 0 Å². The van der Waals surface area contributed by atoms with Crippen molar-refractivity contribution >= 4 is 5.82 Å². The normalized spacial score (nSPS) is 23.6. The predicted octanol–water partition coefficient (Wildman–Crippen LogP) is 3.62. The van der Waals surface area contributed by atoms with Crippen molar-refractivity contribution in [1.82, 2.24) is 9.88 Å². The fourth-order valence-corrected chi connectivity index (χ4v) is 3.56. The summed E-state index contributed by atoms with van der Waals surface area (Å²) in [4.78, 5) is 9.78. The highest BCUT2D eigenvalue weighted by atomic mass is 15.2. The van der Waals surface area contributed by atoms with Gasteiger partial charge >= 0.3 is 0 Å². The summed E-state index contributed by atoms with van der Waals surface area (Å²) >= 11 is 0. The maximum atomic E-state index is 4.72. The Balaban J connectivity index is 1.66. The maximum Gasteiger partial charge on any atom is 0.128 e. The fraction of sp³-hybridized carbons (Fsp3) is 0.706. The summed E-state index contributed by atoms with van der Waals surface area (Å²) in [6, 6.07) is 5.16. The minimum Gasteiger partial charge on any atom is -0.357 e. The topological polar surface area (TPSA) is 19.4 Å². The van der Waals surface area contributed by atoms with E-state index in [1.807, 2.05) is 0 Å². The number of likely N-dealkylation sites (tertiary alicyclic amines) is 1. The van der Waals surface area contributed by atoms with E-state index in [2.05, 4.69) is 35.1 Å². The maximum absolute atomic E-state index is 4.72. The quantitative estimate of drug-likeness (QED) is 0.817. The molecule has 0 aliphatic carbocycles. The van der Waals surface area contributed by atoms with Crippen molar-refractivity contribution in [1.29, 1.82) is 0 Å². The number of unbranched alkanes of at least 4 members (excludes halogenated alkanes) is 1. The molecule has 0 spiro atoms. The van der Waals surface area contributed by atoms with E-state index in [9.17, 15) is 0 Å². The van der Waals surface area contributed by atoms with Crippen molar-refractivity contribution in [2.24, 2.45) is 0 Å². The molecule has 1 aromatic heterocycles. The molecule has 3 rings (SSSR count). The highest BCUT2D eigenvalue weighted by Gasteiger charge is 2.25. The monoisotopic (exact) mass is 273 g/mol. The number of hydrogen-bond acceptors (Lipinski definition) is 3. The lowest BCUT2D eigenvalue weighted by molar-refractivity contribution is 0.253. The molecule has 2 aliphatic rings. The Labute approximate surface area is 123 Å². The summed E-state index contributed by atoms with van der Waals surface area (Å²) in [6.45, 7) is 7.14. The molecule has 0 radical (unpaired) electrons. The highest BCUT2D eigenvalue weighted by molar-refractivity contribution is 5.40. The van der Waals surface area contributed by atoms with Gasteiger partial charge < -0.3 is 4.90 Å². The summed E-state index contributed by atoms with van der Waals surface area (Å²) in [5.74, 6) is 1.17. The van der Waals surface area contributed by atoms with Crippen LogP contribution in [-0.4, -0.2) is 36.1 Å². The van der Waals surface area contributed by atoms with Crippen molar-refractivity contribution in [2.75, 3.05) is 31.1 Å². The van der Waals surface area contributed by atoms with Crippen LogP contribution in [0.3, 0.4) is 0 Å². The molecule has 0 N–H and O–H groups in total. The van der Waals surface area contributed by atoms with Gasteiger partial charge in [-0.25, -0.2) is 4.98 Å². The van der Waals surface area contributed by atoms with E-state index >= 15 is 0 Å². The Bertz CT molecular complexity index is 409. The van der Waals surface area contributed by atoms with Gasteiger partial charge in [-0.3, -0.25) is 4.90 Å². The van der Waals surface area contributed by atoms with E-state index in [0.717, 1.165) is 0 Å². The molecule has 3 heterocycles. The number of hydrogen-bond donors (Lipinski definition) is 0. The number of pyridine rings is 1. The summed E-state index contributed by atoms with van der Waals surface area (Å²) in [5.41, 5.74) is 1.42. The van der Waals surface area contributed by atoms with Gasteiger partial charge in [0.1, 0.15) is 5.82 Å². The molecule has 0 unspecified atom stereocenters. The van der Waals surface area contributed by atoms with Crippen LogP contribution in [0.2, 0.25) is 0 Å². The van der Waals surface area contributed by atoms with E-state index in [-0.39, 0.29) is 0 Å². The average Bonchev–Trinajstić information content (AvgIpc) is 3.16. The smallest absolute Gasteiger partial charge is 0.128 e. The van der Waals surface area contributed by atoms with Crippen molar-refractivity contribution in [3.05, 3.63) is 23.9 Å². The zero-order chi connectivity index (χ0) is 13.8. The van der Waals surface area contributed by atoms with Crippen molar-refractivity contribution < 1.29 is 0 Å². The minimum atomic E-state index is 0.613. The first-order chi connectivity index (χ1) is 9.88. The van der Waals surface area contributed by atoms with Gasteiger partial charge in [0.05, 0.1) is 0 Å². The zero-order valence-corrected chi connectivity index (χ0v) is 12.7. The Morgan fingerprint density at radius 1 is 1.15 bits per heavy atom. The van der Waals surface area contributed by atoms with Gasteiger partial charge in [-0.1, -0.05) is 19.4 Å². The molecule has 0 aromatic carbocycles. The Hall–Kier alpha value is -1.09. The van der Waals surface area contributed by atoms with Gasteiger partial charge in [-0.2, -0.15) is 0 Å². The predicted molar refractivity (Wildman–Crippen MR) is 84.1 cm³/mol. The summed E-state index contributed by atoms with van der Waals surface area (Å²) in [5, 5.41) is 0. The van der Waals surface area contributed by atoms with Crippen LogP contribution in [0.5, 0.6) is 0 Å².